The molecule has 1 fully saturated rings. The van der Waals surface area contributed by atoms with E-state index in [-0.39, 0.29) is 60.9 Å². The summed E-state index contributed by atoms with van der Waals surface area (Å²) in [4.78, 5) is 85.4. The van der Waals surface area contributed by atoms with Gasteiger partial charge in [0.25, 0.3) is 11.8 Å². The molecule has 8 rings (SSSR count). The minimum Gasteiger partial charge on any atom is -0.404 e. The Labute approximate surface area is 510 Å². The molecule has 90 heavy (non-hydrogen) atoms. The third kappa shape index (κ3) is 15.0. The van der Waals surface area contributed by atoms with Crippen LogP contribution in [0.1, 0.15) is 114 Å². The van der Waals surface area contributed by atoms with Crippen LogP contribution >= 0.6 is 27.0 Å². The van der Waals surface area contributed by atoms with Gasteiger partial charge < -0.3 is 24.9 Å². The second-order valence-corrected chi connectivity index (χ2v) is 30.9. The fourth-order valence-electron chi connectivity index (χ4n) is 11.0. The molecule has 0 saturated heterocycles. The Morgan fingerprint density at radius 2 is 1.51 bits per heavy atom. The number of anilines is 1. The van der Waals surface area contributed by atoms with Gasteiger partial charge in [0.05, 0.1) is 38.7 Å². The van der Waals surface area contributed by atoms with E-state index in [1.807, 2.05) is 5.32 Å². The van der Waals surface area contributed by atoms with E-state index in [4.69, 9.17) is 21.1 Å². The number of phosphoric acid groups is 1. The van der Waals surface area contributed by atoms with Gasteiger partial charge in [-0.15, -0.1) is 0 Å². The normalized spacial score (nSPS) is 16.6. The Kier molecular flexibility index (Phi) is 18.4. The number of nitrogens with zero attached hydrogens (tertiary/aromatic N) is 6. The van der Waals surface area contributed by atoms with E-state index in [1.54, 1.807) is 0 Å². The van der Waals surface area contributed by atoms with Crippen LogP contribution in [-0.2, 0) is 82.0 Å². The van der Waals surface area contributed by atoms with Gasteiger partial charge in [-0.2, -0.15) is 49.6 Å². The van der Waals surface area contributed by atoms with Crippen molar-refractivity contribution in [1.29, 1.82) is 0 Å². The Bertz CT molecular complexity index is 4250. The molecule has 3 aromatic heterocycles. The molecule has 3 heterocycles. The number of pyridine rings is 1. The topological polar surface area (TPSA) is 320 Å². The molecule has 3 aromatic carbocycles. The summed E-state index contributed by atoms with van der Waals surface area (Å²) in [6.07, 6.45) is -12.9. The molecule has 2 aliphatic rings. The molecular formula is C53H55ClF10N8O14P2S2. The van der Waals surface area contributed by atoms with Crippen molar-refractivity contribution < 1.29 is 108 Å². The second kappa shape index (κ2) is 23.9. The molecule has 0 aliphatic heterocycles. The summed E-state index contributed by atoms with van der Waals surface area (Å²) < 4.78 is 231. The van der Waals surface area contributed by atoms with Crippen LogP contribution < -0.4 is 19.5 Å². The Balaban J connectivity index is 1.32. The van der Waals surface area contributed by atoms with E-state index >= 15 is 17.6 Å². The lowest BCUT2D eigenvalue weighted by Crippen LogP contribution is -2.40. The van der Waals surface area contributed by atoms with Gasteiger partial charge in [0.1, 0.15) is 42.5 Å². The quantitative estimate of drug-likeness (QED) is 0.0272. The molecule has 37 heteroatoms. The van der Waals surface area contributed by atoms with Crippen LogP contribution in [0.2, 0.25) is 5.02 Å². The zero-order valence-corrected chi connectivity index (χ0v) is 52.2. The van der Waals surface area contributed by atoms with Crippen LogP contribution in [0.25, 0.3) is 22.0 Å². The number of rotatable bonds is 22. The number of fused-ring (bicyclic) bond motifs is 4. The van der Waals surface area contributed by atoms with Gasteiger partial charge in [0, 0.05) is 63.6 Å². The number of phosphoric ester groups is 1. The highest BCUT2D eigenvalue weighted by molar-refractivity contribution is 7.93. The van der Waals surface area contributed by atoms with Crippen molar-refractivity contribution in [2.24, 2.45) is 5.92 Å². The number of aromatic nitrogens is 5. The molecule has 6 aromatic rings. The van der Waals surface area contributed by atoms with E-state index in [9.17, 15) is 86.3 Å². The Hall–Kier alpha value is -6.51. The maximum atomic E-state index is 15.8. The lowest BCUT2D eigenvalue weighted by Gasteiger charge is -2.31. The number of benzene rings is 3. The zero-order valence-electron chi connectivity index (χ0n) is 48.0. The molecule has 1 unspecified atom stereocenters. The second-order valence-electron chi connectivity index (χ2n) is 23.2. The summed E-state index contributed by atoms with van der Waals surface area (Å²) >= 11 is 6.80. The summed E-state index contributed by atoms with van der Waals surface area (Å²) in [6.45, 7) is 2.99. The molecule has 3 amide bonds. The molecule has 22 nitrogen and oxygen atoms in total. The van der Waals surface area contributed by atoms with Gasteiger partial charge in [-0.1, -0.05) is 37.6 Å². The number of carbonyl (C=O) groups is 3. The molecule has 1 saturated carbocycles. The van der Waals surface area contributed by atoms with Gasteiger partial charge in [-0.3, -0.25) is 43.1 Å². The number of amides is 3. The fourth-order valence-corrected chi connectivity index (χ4v) is 13.4. The van der Waals surface area contributed by atoms with E-state index < -0.39 is 204 Å². The maximum Gasteiger partial charge on any atom is 0.524 e. The summed E-state index contributed by atoms with van der Waals surface area (Å²) in [6, 6.07) is 6.49. The predicted molar refractivity (Wildman–Crippen MR) is 302 cm³/mol. The molecule has 3 atom stereocenters. The average molecular weight is 1380 g/mol. The minimum absolute atomic E-state index is 0.0257. The summed E-state index contributed by atoms with van der Waals surface area (Å²) in [5.41, 5.74) is -8.73. The first-order chi connectivity index (χ1) is 41.0. The lowest BCUT2D eigenvalue weighted by molar-refractivity contribution is -0.143. The van der Waals surface area contributed by atoms with Crippen molar-refractivity contribution in [3.63, 3.8) is 0 Å². The highest BCUT2D eigenvalue weighted by atomic mass is 35.5. The van der Waals surface area contributed by atoms with E-state index in [1.165, 1.54) is 46.8 Å². The third-order valence-electron chi connectivity index (χ3n) is 15.2. The summed E-state index contributed by atoms with van der Waals surface area (Å²) in [5, 5.41) is 10.5. The van der Waals surface area contributed by atoms with Crippen molar-refractivity contribution in [3.8, 4) is 16.9 Å². The molecule has 0 radical (unpaired) electrons. The number of hydrogen-bond donors (Lipinski definition) is 6. The van der Waals surface area contributed by atoms with Crippen LogP contribution in [0, 0.1) is 24.5 Å². The average Bonchev–Trinajstić information content (AvgIpc) is 1.52. The molecule has 2 aliphatic carbocycles. The van der Waals surface area contributed by atoms with Crippen LogP contribution in [-0.4, -0.2) is 108 Å². The first kappa shape index (κ1) is 69.4. The number of sulfone groups is 1. The largest absolute Gasteiger partial charge is 0.524 e. The monoisotopic (exact) mass is 1380 g/mol. The first-order valence-electron chi connectivity index (χ1n) is 26.5. The predicted octanol–water partition coefficient (Wildman–Crippen LogP) is 9.18. The number of hydrogen-bond acceptors (Lipinski definition) is 13. The van der Waals surface area contributed by atoms with Crippen LogP contribution in [0.3, 0.4) is 0 Å². The van der Waals surface area contributed by atoms with E-state index in [2.05, 4.69) is 15.5 Å². The number of alkyl halides is 8. The number of halogens is 11. The number of aryl methyl sites for hydroxylation is 2. The third-order valence-corrected chi connectivity index (χ3v) is 19.7. The zero-order chi connectivity index (χ0) is 67.4. The van der Waals surface area contributed by atoms with Crippen molar-refractivity contribution in [2.45, 2.75) is 120 Å². The van der Waals surface area contributed by atoms with Gasteiger partial charge in [-0.25, -0.2) is 30.2 Å². The minimum atomic E-state index is -5.59. The van der Waals surface area contributed by atoms with Gasteiger partial charge >= 0.3 is 27.8 Å². The fraction of sp³-hybridized carbons (Fsp3) is 0.434. The maximum absolute atomic E-state index is 15.8. The molecule has 490 valence electrons. The van der Waals surface area contributed by atoms with Gasteiger partial charge in [0.15, 0.2) is 21.3 Å². The van der Waals surface area contributed by atoms with Gasteiger partial charge in [-0.05, 0) is 99.9 Å². The van der Waals surface area contributed by atoms with Crippen LogP contribution in [0.4, 0.5) is 49.7 Å². The van der Waals surface area contributed by atoms with Crippen molar-refractivity contribution in [1.82, 2.24) is 35.2 Å². The lowest BCUT2D eigenvalue weighted by atomic mass is 9.78. The van der Waals surface area contributed by atoms with Crippen molar-refractivity contribution >= 4 is 81.3 Å². The van der Waals surface area contributed by atoms with E-state index in [0.717, 1.165) is 42.7 Å². The number of nitrogens with one attached hydrogen (secondary N) is 2. The highest BCUT2D eigenvalue weighted by Crippen LogP contribution is 2.68. The Morgan fingerprint density at radius 3 is 2.08 bits per heavy atom. The van der Waals surface area contributed by atoms with E-state index in [0.29, 0.717) is 12.3 Å². The smallest absolute Gasteiger partial charge is 0.404 e. The SMILES string of the molecule is Cc1cc(C(=O)NCP(=O)(O)O)cc(OP(=O)(O)O)c1C(C)(C)CC(=O)N(c1nn(CC(F)(F)F)c2c(-c3ccc(CCC(C)(C)S(C)(=O)=O)nc3[C@H](Cc3cc(F)cc(F)c3)NC(=O)Cn3nc(C(F)(F)F)c4c3C(F)(F)C3C[C@H]43)ccc(Cl)c12)S(C)(=O)=O. The first-order valence-corrected chi connectivity index (χ1v) is 33.9. The van der Waals surface area contributed by atoms with Crippen LogP contribution in [0.15, 0.2) is 54.6 Å². The Morgan fingerprint density at radius 1 is 0.889 bits per heavy atom. The standard InChI is InChI=1S/C53H55ClF10N8O14P2S2/c1-25-14-27(48(75)65-24-87(76,77)78)18-37(86-88(79,80)81)42(25)49(2,3)21-39(74)72(90(7,84)85)47-41-35(54)11-10-32(44(41)71(69-47)23-51(57,58)59)31-9-8-30(12-13-50(4,5)89(6,82)83)66-43(31)36(17-26-15-28(55)19-29(56)16-26)67-38(73)22-70-46-40(45(68-70)53(62,63)64)33-20-34(33)52(46,60)61/h8-11,14-16,18-19,33-34,36H,12-13,17,20-24H2,1-7H3,(H,65,75)(H,67,73)(H2,76,77,78)(H2,79,80,81)/t33-,34?,36-/m0/s1. The van der Waals surface area contributed by atoms with Crippen molar-refractivity contribution in [2.75, 3.05) is 23.1 Å². The molecular weight excluding hydrogens is 1320 g/mol. The molecule has 0 bridgehead atoms. The number of sulfonamides is 1. The molecule has 6 N–H and O–H groups in total. The summed E-state index contributed by atoms with van der Waals surface area (Å²) in [5.74, 6) is -15.0. The van der Waals surface area contributed by atoms with Crippen LogP contribution in [0.5, 0.6) is 5.75 Å². The molecule has 0 spiro atoms. The van der Waals surface area contributed by atoms with Crippen molar-refractivity contribution in [3.05, 3.63) is 122 Å². The van der Waals surface area contributed by atoms with Gasteiger partial charge in [0.2, 0.25) is 21.8 Å². The highest BCUT2D eigenvalue weighted by Gasteiger charge is 2.68. The summed E-state index contributed by atoms with van der Waals surface area (Å²) in [7, 11) is -19.4. The number of carbonyl (C=O) groups excluding carboxylic acids is 3.